The molecule has 2 aromatic rings. The molecule has 0 saturated carbocycles. The molecule has 0 aliphatic carbocycles. The van der Waals surface area contributed by atoms with E-state index in [1.54, 1.807) is 20.3 Å². The Morgan fingerprint density at radius 2 is 1.43 bits per heavy atom. The molecule has 2 aromatic carbocycles. The molecule has 0 unspecified atom stereocenters. The fourth-order valence-electron chi connectivity index (χ4n) is 1.91. The van der Waals surface area contributed by atoms with Crippen LogP contribution in [0.25, 0.3) is 6.08 Å². The molecule has 108 valence electrons. The topological polar surface area (TPSA) is 35.5 Å². The summed E-state index contributed by atoms with van der Waals surface area (Å²) in [4.78, 5) is 11.9. The van der Waals surface area contributed by atoms with E-state index in [1.807, 2.05) is 54.6 Å². The Kier molecular flexibility index (Phi) is 5.16. The minimum absolute atomic E-state index is 0.0657. The normalized spacial score (nSPS) is 10.6. The van der Waals surface area contributed by atoms with Gasteiger partial charge in [-0.2, -0.15) is 0 Å². The second kappa shape index (κ2) is 7.29. The van der Waals surface area contributed by atoms with Crippen LogP contribution in [0.2, 0.25) is 0 Å². The summed E-state index contributed by atoms with van der Waals surface area (Å²) in [6, 6.07) is 15.1. The van der Waals surface area contributed by atoms with Crippen molar-refractivity contribution in [2.75, 3.05) is 14.2 Å². The fourth-order valence-corrected chi connectivity index (χ4v) is 1.91. The number of allylic oxidation sites excluding steroid dienone is 1. The first-order valence-corrected chi connectivity index (χ1v) is 6.69. The van der Waals surface area contributed by atoms with Crippen molar-refractivity contribution in [1.82, 2.24) is 0 Å². The van der Waals surface area contributed by atoms with Gasteiger partial charge in [0.25, 0.3) is 0 Å². The molecule has 0 saturated heterocycles. The number of ether oxygens (including phenoxy) is 2. The van der Waals surface area contributed by atoms with E-state index in [1.165, 1.54) is 0 Å². The van der Waals surface area contributed by atoms with E-state index in [0.29, 0.717) is 6.42 Å². The second-order valence-corrected chi connectivity index (χ2v) is 4.60. The van der Waals surface area contributed by atoms with Crippen LogP contribution in [0.15, 0.2) is 54.6 Å². The van der Waals surface area contributed by atoms with E-state index < -0.39 is 0 Å². The molecular formula is C18H18O3. The lowest BCUT2D eigenvalue weighted by molar-refractivity contribution is -0.113. The van der Waals surface area contributed by atoms with Crippen LogP contribution in [0.1, 0.15) is 11.1 Å². The lowest BCUT2D eigenvalue weighted by Crippen LogP contribution is -1.98. The highest BCUT2D eigenvalue weighted by atomic mass is 16.5. The van der Waals surface area contributed by atoms with Gasteiger partial charge in [0.1, 0.15) is 11.5 Å². The highest BCUT2D eigenvalue weighted by molar-refractivity contribution is 5.95. The lowest BCUT2D eigenvalue weighted by Gasteiger charge is -2.01. The summed E-state index contributed by atoms with van der Waals surface area (Å²) in [6.07, 6.45) is 3.80. The standard InChI is InChI=1S/C18H18O3/c1-20-17-9-4-14(5-10-17)3-8-16(19)13-15-6-11-18(21-2)12-7-15/h3-12H,13H2,1-2H3/b8-3+. The molecular weight excluding hydrogens is 264 g/mol. The maximum atomic E-state index is 11.9. The summed E-state index contributed by atoms with van der Waals surface area (Å²) in [5.74, 6) is 1.66. The van der Waals surface area contributed by atoms with Crippen molar-refractivity contribution < 1.29 is 14.3 Å². The average Bonchev–Trinajstić information content (AvgIpc) is 2.54. The Morgan fingerprint density at radius 1 is 0.905 bits per heavy atom. The summed E-state index contributed by atoms with van der Waals surface area (Å²) in [5, 5.41) is 0. The summed E-state index contributed by atoms with van der Waals surface area (Å²) in [5.41, 5.74) is 1.94. The maximum absolute atomic E-state index is 11.9. The third kappa shape index (κ3) is 4.49. The zero-order valence-corrected chi connectivity index (χ0v) is 12.2. The highest BCUT2D eigenvalue weighted by Gasteiger charge is 2.00. The monoisotopic (exact) mass is 282 g/mol. The molecule has 0 bridgehead atoms. The summed E-state index contributed by atoms with van der Waals surface area (Å²) >= 11 is 0. The Morgan fingerprint density at radius 3 is 1.95 bits per heavy atom. The Labute approximate surface area is 124 Å². The molecule has 3 nitrogen and oxygen atoms in total. The molecule has 0 spiro atoms. The summed E-state index contributed by atoms with van der Waals surface area (Å²) < 4.78 is 10.2. The molecule has 0 aliphatic heterocycles. The summed E-state index contributed by atoms with van der Waals surface area (Å²) in [6.45, 7) is 0. The van der Waals surface area contributed by atoms with Gasteiger partial charge in [0.05, 0.1) is 14.2 Å². The predicted molar refractivity (Wildman–Crippen MR) is 83.7 cm³/mol. The third-order valence-corrected chi connectivity index (χ3v) is 3.11. The SMILES string of the molecule is COc1ccc(/C=C/C(=O)Cc2ccc(OC)cc2)cc1. The first-order valence-electron chi connectivity index (χ1n) is 6.69. The minimum atomic E-state index is 0.0657. The first kappa shape index (κ1) is 14.9. The number of ketones is 1. The molecule has 3 heteroatoms. The lowest BCUT2D eigenvalue weighted by atomic mass is 10.1. The Hall–Kier alpha value is -2.55. The van der Waals surface area contributed by atoms with Crippen molar-refractivity contribution in [3.8, 4) is 11.5 Å². The highest BCUT2D eigenvalue weighted by Crippen LogP contribution is 2.14. The van der Waals surface area contributed by atoms with Crippen LogP contribution in [-0.4, -0.2) is 20.0 Å². The second-order valence-electron chi connectivity index (χ2n) is 4.60. The minimum Gasteiger partial charge on any atom is -0.497 e. The number of benzene rings is 2. The van der Waals surface area contributed by atoms with Gasteiger partial charge in [-0.15, -0.1) is 0 Å². The molecule has 0 radical (unpaired) electrons. The van der Waals surface area contributed by atoms with Gasteiger partial charge in [0.15, 0.2) is 5.78 Å². The van der Waals surface area contributed by atoms with Crippen LogP contribution < -0.4 is 9.47 Å². The smallest absolute Gasteiger partial charge is 0.160 e. The zero-order chi connectivity index (χ0) is 15.1. The number of methoxy groups -OCH3 is 2. The van der Waals surface area contributed by atoms with Gasteiger partial charge in [-0.05, 0) is 41.5 Å². The molecule has 0 aliphatic rings. The van der Waals surface area contributed by atoms with Gasteiger partial charge in [-0.25, -0.2) is 0 Å². The molecule has 0 N–H and O–H groups in total. The van der Waals surface area contributed by atoms with Crippen molar-refractivity contribution in [2.24, 2.45) is 0 Å². The van der Waals surface area contributed by atoms with E-state index >= 15 is 0 Å². The van der Waals surface area contributed by atoms with Gasteiger partial charge >= 0.3 is 0 Å². The van der Waals surface area contributed by atoms with Crippen LogP contribution in [-0.2, 0) is 11.2 Å². The van der Waals surface area contributed by atoms with Gasteiger partial charge < -0.3 is 9.47 Å². The van der Waals surface area contributed by atoms with Crippen LogP contribution in [0.3, 0.4) is 0 Å². The summed E-state index contributed by atoms with van der Waals surface area (Å²) in [7, 11) is 3.25. The van der Waals surface area contributed by atoms with Crippen LogP contribution in [0.4, 0.5) is 0 Å². The zero-order valence-electron chi connectivity index (χ0n) is 12.2. The number of carbonyl (C=O) groups is 1. The van der Waals surface area contributed by atoms with Crippen LogP contribution >= 0.6 is 0 Å². The molecule has 21 heavy (non-hydrogen) atoms. The fraction of sp³-hybridized carbons (Fsp3) is 0.167. The van der Waals surface area contributed by atoms with Gasteiger partial charge in [0.2, 0.25) is 0 Å². The molecule has 0 atom stereocenters. The Balaban J connectivity index is 1.94. The maximum Gasteiger partial charge on any atom is 0.160 e. The number of hydrogen-bond donors (Lipinski definition) is 0. The van der Waals surface area contributed by atoms with Gasteiger partial charge in [-0.1, -0.05) is 30.3 Å². The quantitative estimate of drug-likeness (QED) is 0.760. The van der Waals surface area contributed by atoms with Crippen molar-refractivity contribution >= 4 is 11.9 Å². The van der Waals surface area contributed by atoms with Crippen LogP contribution in [0.5, 0.6) is 11.5 Å². The molecule has 0 amide bonds. The molecule has 0 fully saturated rings. The van der Waals surface area contributed by atoms with Gasteiger partial charge in [-0.3, -0.25) is 4.79 Å². The van der Waals surface area contributed by atoms with Crippen molar-refractivity contribution in [3.05, 3.63) is 65.7 Å². The van der Waals surface area contributed by atoms with E-state index in [4.69, 9.17) is 9.47 Å². The third-order valence-electron chi connectivity index (χ3n) is 3.11. The van der Waals surface area contributed by atoms with Crippen LogP contribution in [0, 0.1) is 0 Å². The molecule has 2 rings (SSSR count). The first-order chi connectivity index (χ1) is 10.2. The average molecular weight is 282 g/mol. The molecule has 0 heterocycles. The molecule has 0 aromatic heterocycles. The van der Waals surface area contributed by atoms with Crippen molar-refractivity contribution in [3.63, 3.8) is 0 Å². The Bertz CT molecular complexity index is 610. The predicted octanol–water partition coefficient (Wildman–Crippen LogP) is 3.53. The largest absolute Gasteiger partial charge is 0.497 e. The number of hydrogen-bond acceptors (Lipinski definition) is 3. The number of rotatable bonds is 6. The number of carbonyl (C=O) groups excluding carboxylic acids is 1. The van der Waals surface area contributed by atoms with E-state index in [2.05, 4.69) is 0 Å². The van der Waals surface area contributed by atoms with E-state index in [-0.39, 0.29) is 5.78 Å². The van der Waals surface area contributed by atoms with E-state index in [0.717, 1.165) is 22.6 Å². The van der Waals surface area contributed by atoms with Gasteiger partial charge in [0, 0.05) is 6.42 Å². The van der Waals surface area contributed by atoms with E-state index in [9.17, 15) is 4.79 Å². The van der Waals surface area contributed by atoms with Crippen molar-refractivity contribution in [2.45, 2.75) is 6.42 Å². The van der Waals surface area contributed by atoms with Crippen molar-refractivity contribution in [1.29, 1.82) is 0 Å².